The summed E-state index contributed by atoms with van der Waals surface area (Å²) in [6.07, 6.45) is 6.81. The van der Waals surface area contributed by atoms with E-state index in [1.165, 1.54) is 6.42 Å². The van der Waals surface area contributed by atoms with Gasteiger partial charge < -0.3 is 14.2 Å². The Morgan fingerprint density at radius 2 is 1.52 bits per heavy atom. The molecule has 0 aromatic rings. The quantitative estimate of drug-likeness (QED) is 0.515. The normalized spacial score (nSPS) is 33.6. The highest BCUT2D eigenvalue weighted by Crippen LogP contribution is 2.64. The molecule has 0 spiro atoms. The van der Waals surface area contributed by atoms with Gasteiger partial charge in [-0.3, -0.25) is 9.59 Å². The largest absolute Gasteiger partial charge is 0.465 e. The predicted molar refractivity (Wildman–Crippen MR) is 111 cm³/mol. The number of rotatable bonds is 9. The lowest BCUT2D eigenvalue weighted by atomic mass is 9.44. The van der Waals surface area contributed by atoms with Gasteiger partial charge in [0.05, 0.1) is 18.4 Å². The summed E-state index contributed by atoms with van der Waals surface area (Å²) in [5.74, 6) is 1.91. The van der Waals surface area contributed by atoms with Crippen molar-refractivity contribution in [3.05, 3.63) is 0 Å². The Bertz CT molecular complexity index is 593. The highest BCUT2D eigenvalue weighted by molar-refractivity contribution is 5.76. The summed E-state index contributed by atoms with van der Waals surface area (Å²) in [5, 5.41) is 0. The van der Waals surface area contributed by atoms with Crippen molar-refractivity contribution < 1.29 is 23.8 Å². The first-order chi connectivity index (χ1) is 13.6. The van der Waals surface area contributed by atoms with Gasteiger partial charge in [0.2, 0.25) is 0 Å². The van der Waals surface area contributed by atoms with E-state index in [0.29, 0.717) is 24.9 Å². The van der Waals surface area contributed by atoms with Crippen molar-refractivity contribution in [2.75, 3.05) is 20.3 Å². The van der Waals surface area contributed by atoms with Gasteiger partial charge in [-0.25, -0.2) is 0 Å². The van der Waals surface area contributed by atoms with Crippen molar-refractivity contribution in [2.24, 2.45) is 34.5 Å². The molecule has 4 bridgehead atoms. The summed E-state index contributed by atoms with van der Waals surface area (Å²) >= 11 is 0. The lowest BCUT2D eigenvalue weighted by Gasteiger charge is -2.64. The molecule has 0 aliphatic heterocycles. The lowest BCUT2D eigenvalue weighted by Crippen LogP contribution is -2.67. The predicted octanol–water partition coefficient (Wildman–Crippen LogP) is 4.77. The number of hydrogen-bond acceptors (Lipinski definition) is 5. The van der Waals surface area contributed by atoms with Gasteiger partial charge in [0.15, 0.2) is 0 Å². The molecule has 0 saturated heterocycles. The van der Waals surface area contributed by atoms with Crippen LogP contribution in [0.5, 0.6) is 0 Å². The fraction of sp³-hybridized carbons (Fsp3) is 0.917. The van der Waals surface area contributed by atoms with Crippen LogP contribution in [0.1, 0.15) is 79.6 Å². The molecule has 4 rings (SSSR count). The maximum atomic E-state index is 12.9. The number of carbonyl (C=O) groups excluding carboxylic acids is 2. The summed E-state index contributed by atoms with van der Waals surface area (Å²) in [6.45, 7) is 10.7. The van der Waals surface area contributed by atoms with Crippen LogP contribution in [0.2, 0.25) is 0 Å². The molecule has 4 aliphatic rings. The smallest absolute Gasteiger partial charge is 0.311 e. The van der Waals surface area contributed by atoms with Crippen LogP contribution < -0.4 is 0 Å². The molecule has 4 fully saturated rings. The van der Waals surface area contributed by atoms with E-state index in [-0.39, 0.29) is 30.4 Å². The molecule has 0 radical (unpaired) electrons. The van der Waals surface area contributed by atoms with Crippen LogP contribution >= 0.6 is 0 Å². The average molecular weight is 409 g/mol. The maximum absolute atomic E-state index is 12.9. The number of ether oxygens (including phenoxy) is 3. The van der Waals surface area contributed by atoms with Gasteiger partial charge in [-0.05, 0) is 64.2 Å². The second-order valence-electron chi connectivity index (χ2n) is 11.0. The van der Waals surface area contributed by atoms with Gasteiger partial charge in [0.25, 0.3) is 0 Å². The number of hydrogen-bond donors (Lipinski definition) is 0. The van der Waals surface area contributed by atoms with E-state index in [1.807, 2.05) is 20.8 Å². The van der Waals surface area contributed by atoms with E-state index in [0.717, 1.165) is 37.5 Å². The molecule has 4 aliphatic carbocycles. The molecule has 29 heavy (non-hydrogen) atoms. The Morgan fingerprint density at radius 1 is 0.966 bits per heavy atom. The molecule has 0 aromatic heterocycles. The van der Waals surface area contributed by atoms with E-state index in [1.54, 1.807) is 7.11 Å². The summed E-state index contributed by atoms with van der Waals surface area (Å²) in [5.41, 5.74) is -1.24. The molecular formula is C24H40O5. The van der Waals surface area contributed by atoms with Gasteiger partial charge in [-0.2, -0.15) is 0 Å². The molecule has 166 valence electrons. The van der Waals surface area contributed by atoms with Crippen LogP contribution in [0.25, 0.3) is 0 Å². The van der Waals surface area contributed by atoms with E-state index >= 15 is 0 Å². The Labute approximate surface area is 176 Å². The molecule has 0 heterocycles. The topological polar surface area (TPSA) is 61.8 Å². The van der Waals surface area contributed by atoms with Gasteiger partial charge >= 0.3 is 11.9 Å². The minimum atomic E-state index is -0.521. The molecule has 0 aromatic carbocycles. The first-order valence-electron chi connectivity index (χ1n) is 11.4. The fourth-order valence-corrected chi connectivity index (χ4v) is 6.57. The second kappa shape index (κ2) is 8.20. The number of methoxy groups -OCH3 is 1. The molecule has 0 unspecified atom stereocenters. The van der Waals surface area contributed by atoms with Crippen molar-refractivity contribution >= 4 is 11.9 Å². The molecule has 5 nitrogen and oxygen atoms in total. The molecular weight excluding hydrogens is 368 g/mol. The van der Waals surface area contributed by atoms with Gasteiger partial charge in [0, 0.05) is 24.4 Å². The molecule has 0 N–H and O–H groups in total. The third-order valence-corrected chi connectivity index (χ3v) is 8.17. The Kier molecular flexibility index (Phi) is 6.39. The van der Waals surface area contributed by atoms with Gasteiger partial charge in [0.1, 0.15) is 12.2 Å². The van der Waals surface area contributed by atoms with Crippen molar-refractivity contribution in [2.45, 2.75) is 85.2 Å². The zero-order valence-electron chi connectivity index (χ0n) is 19.2. The number of esters is 2. The average Bonchev–Trinajstić information content (AvgIpc) is 2.63. The van der Waals surface area contributed by atoms with Crippen molar-refractivity contribution in [1.29, 1.82) is 0 Å². The lowest BCUT2D eigenvalue weighted by molar-refractivity contribution is -0.255. The third-order valence-electron chi connectivity index (χ3n) is 8.17. The summed E-state index contributed by atoms with van der Waals surface area (Å²) in [6, 6.07) is 0. The Balaban J connectivity index is 1.70. The third kappa shape index (κ3) is 4.08. The van der Waals surface area contributed by atoms with E-state index in [2.05, 4.69) is 13.8 Å². The summed E-state index contributed by atoms with van der Waals surface area (Å²) in [7, 11) is 1.72. The van der Waals surface area contributed by atoms with Crippen molar-refractivity contribution in [3.8, 4) is 0 Å². The minimum Gasteiger partial charge on any atom is -0.465 e. The molecule has 5 heteroatoms. The van der Waals surface area contributed by atoms with Crippen LogP contribution in [0.15, 0.2) is 0 Å². The van der Waals surface area contributed by atoms with Crippen LogP contribution in [-0.2, 0) is 23.8 Å². The van der Waals surface area contributed by atoms with E-state index in [4.69, 9.17) is 14.2 Å². The molecule has 0 amide bonds. The summed E-state index contributed by atoms with van der Waals surface area (Å²) < 4.78 is 17.4. The van der Waals surface area contributed by atoms with Gasteiger partial charge in [-0.15, -0.1) is 0 Å². The highest BCUT2D eigenvalue weighted by Gasteiger charge is 2.65. The zero-order valence-corrected chi connectivity index (χ0v) is 19.2. The van der Waals surface area contributed by atoms with Crippen molar-refractivity contribution in [1.82, 2.24) is 0 Å². The van der Waals surface area contributed by atoms with Crippen LogP contribution in [0.3, 0.4) is 0 Å². The Morgan fingerprint density at radius 3 is 2.00 bits per heavy atom. The van der Waals surface area contributed by atoms with Crippen LogP contribution in [0, 0.1) is 34.5 Å². The highest BCUT2D eigenvalue weighted by atomic mass is 16.6. The molecule has 4 saturated carbocycles. The fourth-order valence-electron chi connectivity index (χ4n) is 6.57. The zero-order chi connectivity index (χ0) is 21.4. The van der Waals surface area contributed by atoms with Crippen LogP contribution in [0.4, 0.5) is 0 Å². The second-order valence-corrected chi connectivity index (χ2v) is 11.0. The Hall–Kier alpha value is -1.10. The monoisotopic (exact) mass is 408 g/mol. The SMILES string of the molecule is CCC(C)(C)C(=O)OCCC(=O)OC1(C(C)(C)COC)C2CC3CC(C2)CC1C3. The summed E-state index contributed by atoms with van der Waals surface area (Å²) in [4.78, 5) is 25.1. The number of carbonyl (C=O) groups is 2. The molecule has 0 atom stereocenters. The first kappa shape index (κ1) is 22.6. The van der Waals surface area contributed by atoms with Crippen molar-refractivity contribution in [3.63, 3.8) is 0 Å². The standard InChI is InChI=1S/C24H40O5/c1-7-22(2,3)21(26)28-9-8-20(25)29-24(23(4,5)15-27-6)18-11-16-10-17(13-18)14-19(24)12-16/h16-19H,7-15H2,1-6H3. The van der Waals surface area contributed by atoms with E-state index in [9.17, 15) is 9.59 Å². The van der Waals surface area contributed by atoms with E-state index < -0.39 is 11.0 Å². The van der Waals surface area contributed by atoms with Crippen LogP contribution in [-0.4, -0.2) is 37.9 Å². The first-order valence-corrected chi connectivity index (χ1v) is 11.4. The minimum absolute atomic E-state index is 0.0858. The maximum Gasteiger partial charge on any atom is 0.311 e. The van der Waals surface area contributed by atoms with Gasteiger partial charge in [-0.1, -0.05) is 20.8 Å².